The topological polar surface area (TPSA) is 59.3 Å². The highest BCUT2D eigenvalue weighted by atomic mass is 16.7. The lowest BCUT2D eigenvalue weighted by molar-refractivity contribution is -0.686. The van der Waals surface area contributed by atoms with E-state index in [2.05, 4.69) is 72.5 Å². The maximum absolute atomic E-state index is 6.40. The number of hydrogen-bond donors (Lipinski definition) is 0. The Kier molecular flexibility index (Phi) is 10.2. The molecule has 0 spiro atoms. The zero-order chi connectivity index (χ0) is 35.3. The molecule has 0 bridgehead atoms. The number of methoxy groups -OCH3 is 3. The van der Waals surface area contributed by atoms with Gasteiger partial charge < -0.3 is 28.4 Å². The van der Waals surface area contributed by atoms with Crippen molar-refractivity contribution in [2.24, 2.45) is 0 Å². The second kappa shape index (κ2) is 15.2. The molecule has 51 heavy (non-hydrogen) atoms. The van der Waals surface area contributed by atoms with Crippen LogP contribution in [0, 0.1) is 0 Å². The monoisotopic (exact) mass is 684 g/mol. The molecule has 5 aromatic rings. The van der Waals surface area contributed by atoms with Crippen LogP contribution in [0.5, 0.6) is 34.5 Å². The predicted octanol–water partition coefficient (Wildman–Crippen LogP) is 9.02. The highest BCUT2D eigenvalue weighted by molar-refractivity contribution is 5.95. The van der Waals surface area contributed by atoms with E-state index in [-0.39, 0.29) is 6.79 Å². The molecule has 1 aromatic heterocycles. The molecule has 0 amide bonds. The third-order valence-electron chi connectivity index (χ3n) is 9.95. The summed E-state index contributed by atoms with van der Waals surface area (Å²) >= 11 is 0. The van der Waals surface area contributed by atoms with E-state index in [1.54, 1.807) is 21.3 Å². The molecule has 0 radical (unpaired) electrons. The fourth-order valence-corrected chi connectivity index (χ4v) is 7.50. The Hall–Kier alpha value is -5.43. The Labute approximate surface area is 300 Å². The number of allylic oxidation sites excluding steroid dienone is 2. The van der Waals surface area contributed by atoms with Crippen molar-refractivity contribution in [1.82, 2.24) is 0 Å². The van der Waals surface area contributed by atoms with Gasteiger partial charge >= 0.3 is 0 Å². The number of unbranched alkanes of at least 4 members (excludes halogenated alkanes) is 2. The van der Waals surface area contributed by atoms with Crippen LogP contribution in [-0.2, 0) is 32.2 Å². The molecule has 0 unspecified atom stereocenters. The average Bonchev–Trinajstić information content (AvgIpc) is 3.62. The number of rotatable bonds is 15. The van der Waals surface area contributed by atoms with Crippen LogP contribution in [0.2, 0.25) is 0 Å². The summed E-state index contributed by atoms with van der Waals surface area (Å²) in [5.74, 6) is 4.88. The fourth-order valence-electron chi connectivity index (χ4n) is 7.50. The zero-order valence-electron chi connectivity index (χ0n) is 29.9. The molecule has 0 saturated heterocycles. The highest BCUT2D eigenvalue weighted by Crippen LogP contribution is 2.44. The largest absolute Gasteiger partial charge is 0.496 e. The van der Waals surface area contributed by atoms with Gasteiger partial charge in [0.1, 0.15) is 11.5 Å². The van der Waals surface area contributed by atoms with E-state index < -0.39 is 0 Å². The molecule has 3 heterocycles. The van der Waals surface area contributed by atoms with Gasteiger partial charge in [-0.3, -0.25) is 0 Å². The number of pyridine rings is 1. The molecule has 0 N–H and O–H groups in total. The van der Waals surface area contributed by atoms with Gasteiger partial charge in [0.25, 0.3) is 0 Å². The minimum Gasteiger partial charge on any atom is -0.496 e. The van der Waals surface area contributed by atoms with Crippen molar-refractivity contribution in [1.29, 1.82) is 0 Å². The number of aromatic nitrogens is 1. The van der Waals surface area contributed by atoms with Gasteiger partial charge in [-0.25, -0.2) is 0 Å². The van der Waals surface area contributed by atoms with Crippen LogP contribution in [0.25, 0.3) is 33.2 Å². The van der Waals surface area contributed by atoms with E-state index in [1.165, 1.54) is 33.3 Å². The van der Waals surface area contributed by atoms with Gasteiger partial charge in [-0.2, -0.15) is 4.57 Å². The smallest absolute Gasteiger partial charge is 0.231 e. The Morgan fingerprint density at radius 1 is 0.745 bits per heavy atom. The first-order valence-corrected chi connectivity index (χ1v) is 17.7. The molecule has 7 rings (SSSR count). The van der Waals surface area contributed by atoms with Crippen LogP contribution in [0.1, 0.15) is 41.5 Å². The summed E-state index contributed by atoms with van der Waals surface area (Å²) in [6.45, 7) is 9.68. The van der Waals surface area contributed by atoms with Crippen LogP contribution >= 0.6 is 0 Å². The molecule has 0 fully saturated rings. The minimum atomic E-state index is 0.264. The van der Waals surface area contributed by atoms with E-state index in [0.29, 0.717) is 6.61 Å². The van der Waals surface area contributed by atoms with Crippen LogP contribution in [0.4, 0.5) is 0 Å². The van der Waals surface area contributed by atoms with Crippen molar-refractivity contribution < 1.29 is 33.0 Å². The summed E-state index contributed by atoms with van der Waals surface area (Å²) in [5.41, 5.74) is 9.52. The lowest BCUT2D eigenvalue weighted by Crippen LogP contribution is -2.41. The van der Waals surface area contributed by atoms with E-state index in [0.717, 1.165) is 108 Å². The molecule has 0 saturated carbocycles. The van der Waals surface area contributed by atoms with Crippen molar-refractivity contribution in [3.63, 3.8) is 0 Å². The summed E-state index contributed by atoms with van der Waals surface area (Å²) in [7, 11) is 5.11. The van der Waals surface area contributed by atoms with Crippen LogP contribution in [0.15, 0.2) is 92.2 Å². The van der Waals surface area contributed by atoms with Gasteiger partial charge in [-0.15, -0.1) is 13.2 Å². The number of fused-ring (bicyclic) bond motifs is 5. The molecule has 4 aromatic carbocycles. The summed E-state index contributed by atoms with van der Waals surface area (Å²) in [4.78, 5) is 0. The normalized spacial score (nSPS) is 12.6. The second-order valence-electron chi connectivity index (χ2n) is 13.0. The Morgan fingerprint density at radius 2 is 1.53 bits per heavy atom. The average molecular weight is 685 g/mol. The van der Waals surface area contributed by atoms with Crippen LogP contribution < -0.4 is 33.0 Å². The summed E-state index contributed by atoms with van der Waals surface area (Å²) < 4.78 is 37.6. The van der Waals surface area contributed by atoms with E-state index in [9.17, 15) is 0 Å². The number of benzene rings is 4. The molecule has 2 aliphatic rings. The molecule has 7 nitrogen and oxygen atoms in total. The van der Waals surface area contributed by atoms with Crippen molar-refractivity contribution in [3.05, 3.63) is 114 Å². The lowest BCUT2D eigenvalue weighted by Gasteiger charge is -2.21. The minimum absolute atomic E-state index is 0.264. The summed E-state index contributed by atoms with van der Waals surface area (Å²) in [6, 6.07) is 21.2. The van der Waals surface area contributed by atoms with Crippen LogP contribution in [0.3, 0.4) is 0 Å². The maximum atomic E-state index is 6.40. The number of hydrogen-bond acceptors (Lipinski definition) is 6. The first-order valence-electron chi connectivity index (χ1n) is 17.7. The van der Waals surface area contributed by atoms with Gasteiger partial charge in [-0.05, 0) is 109 Å². The molecule has 2 aliphatic heterocycles. The van der Waals surface area contributed by atoms with Gasteiger partial charge in [0.2, 0.25) is 12.5 Å². The van der Waals surface area contributed by atoms with Crippen molar-refractivity contribution >= 4 is 10.8 Å². The fraction of sp³-hybridized carbons (Fsp3) is 0.295. The molecular weight excluding hydrogens is 638 g/mol. The SMILES string of the molecule is C=CCc1ccc(OC)c(-c2ccc(OCCCCCc3c4[n+](cc5c(OC)c(OC)ccc35)CCc3cc5c(cc3-4)OCO5)c(CC=C)c2)c1. The number of nitrogens with zero attached hydrogens (tertiary/aromatic N) is 1. The quantitative estimate of drug-likeness (QED) is 0.0623. The molecule has 7 heteroatoms. The third kappa shape index (κ3) is 6.73. The van der Waals surface area contributed by atoms with Gasteiger partial charge in [0, 0.05) is 22.9 Å². The van der Waals surface area contributed by atoms with E-state index in [1.807, 2.05) is 24.3 Å². The van der Waals surface area contributed by atoms with Gasteiger partial charge in [0.05, 0.1) is 38.9 Å². The van der Waals surface area contributed by atoms with E-state index >= 15 is 0 Å². The number of ether oxygens (including phenoxy) is 6. The third-order valence-corrected chi connectivity index (χ3v) is 9.95. The van der Waals surface area contributed by atoms with Crippen LogP contribution in [-0.4, -0.2) is 34.7 Å². The second-order valence-corrected chi connectivity index (χ2v) is 13.0. The van der Waals surface area contributed by atoms with Gasteiger partial charge in [0.15, 0.2) is 35.7 Å². The zero-order valence-corrected chi connectivity index (χ0v) is 29.9. The predicted molar refractivity (Wildman–Crippen MR) is 202 cm³/mol. The summed E-state index contributed by atoms with van der Waals surface area (Å²) in [6.07, 6.45) is 12.4. The lowest BCUT2D eigenvalue weighted by atomic mass is 9.89. The van der Waals surface area contributed by atoms with E-state index in [4.69, 9.17) is 28.4 Å². The highest BCUT2D eigenvalue weighted by Gasteiger charge is 2.32. The molecular formula is C44H46NO6+. The van der Waals surface area contributed by atoms with Crippen molar-refractivity contribution in [2.75, 3.05) is 34.7 Å². The summed E-state index contributed by atoms with van der Waals surface area (Å²) in [5, 5.41) is 2.24. The standard InChI is InChI=1S/C44H46NO6/c1-6-11-29-14-17-39(46-3)35(23-29)30-15-18-38(32(24-30)12-7-2)49-22-10-8-9-13-34-33-16-19-40(47-4)44(48-5)37(33)27-45-21-20-31-25-41-42(51-28-50-41)26-36(31)43(34)45/h6-7,14-19,23-27H,1-2,8-13,20-22,28H2,3-5H3/q+1. The Morgan fingerprint density at radius 3 is 2.31 bits per heavy atom. The Balaban J connectivity index is 1.09. The first kappa shape index (κ1) is 34.0. The Bertz CT molecular complexity index is 2100. The van der Waals surface area contributed by atoms with Gasteiger partial charge in [-0.1, -0.05) is 24.3 Å². The van der Waals surface area contributed by atoms with Crippen molar-refractivity contribution in [3.8, 4) is 56.9 Å². The van der Waals surface area contributed by atoms with Crippen molar-refractivity contribution in [2.45, 2.75) is 51.5 Å². The maximum Gasteiger partial charge on any atom is 0.231 e. The number of aryl methyl sites for hydroxylation is 3. The molecule has 262 valence electrons. The first-order chi connectivity index (χ1) is 25.1. The molecule has 0 aliphatic carbocycles. The molecule has 0 atom stereocenters.